The van der Waals surface area contributed by atoms with Crippen molar-refractivity contribution in [1.82, 2.24) is 0 Å². The third kappa shape index (κ3) is 4.25. The fraction of sp³-hybridized carbons (Fsp3) is 0.571. The Kier molecular flexibility index (Phi) is 4.10. The highest BCUT2D eigenvalue weighted by atomic mass is 16.7. The molecule has 0 atom stereocenters. The normalized spacial score (nSPS) is 11.0. The number of carbonyl (C=O) groups excluding carboxylic acids is 2. The Balaban J connectivity index is 3.92. The van der Waals surface area contributed by atoms with Crippen LogP contribution in [0.4, 0.5) is 0 Å². The van der Waals surface area contributed by atoms with Crippen LogP contribution in [0.3, 0.4) is 0 Å². The lowest BCUT2D eigenvalue weighted by molar-refractivity contribution is -0.143. The van der Waals surface area contributed by atoms with Crippen molar-refractivity contribution in [2.24, 2.45) is 5.16 Å². The van der Waals surface area contributed by atoms with Crippen LogP contribution in [0.1, 0.15) is 27.2 Å². The zero-order valence-corrected chi connectivity index (χ0v) is 6.88. The van der Waals surface area contributed by atoms with Crippen LogP contribution in [-0.4, -0.2) is 17.5 Å². The molecule has 62 valence electrons. The zero-order chi connectivity index (χ0) is 8.85. The smallest absolute Gasteiger partial charge is 0.318 e. The molecule has 0 saturated carbocycles. The largest absolute Gasteiger partial charge is 0.334 e. The standard InChI is InChI=1S/C7H11NO3/c1-4-7(10)11-8-5(2)6(3)9/h4H2,1-3H3. The lowest BCUT2D eigenvalue weighted by atomic mass is 10.3. The summed E-state index contributed by atoms with van der Waals surface area (Å²) in [6.45, 7) is 4.50. The molecular formula is C7H11NO3. The van der Waals surface area contributed by atoms with E-state index in [4.69, 9.17) is 0 Å². The molecule has 4 nitrogen and oxygen atoms in total. The Bertz CT molecular complexity index is 196. The SMILES string of the molecule is CCC(=O)ON=C(C)C(C)=O. The van der Waals surface area contributed by atoms with Crippen LogP contribution in [0.15, 0.2) is 5.16 Å². The summed E-state index contributed by atoms with van der Waals surface area (Å²) in [5.74, 6) is -0.639. The van der Waals surface area contributed by atoms with Gasteiger partial charge in [-0.3, -0.25) is 4.79 Å². The van der Waals surface area contributed by atoms with Crippen LogP contribution >= 0.6 is 0 Å². The van der Waals surface area contributed by atoms with Gasteiger partial charge in [-0.1, -0.05) is 12.1 Å². The van der Waals surface area contributed by atoms with Crippen LogP contribution in [-0.2, 0) is 14.4 Å². The lowest BCUT2D eigenvalue weighted by Gasteiger charge is -1.93. The quantitative estimate of drug-likeness (QED) is 0.347. The molecule has 0 N–H and O–H groups in total. The van der Waals surface area contributed by atoms with E-state index in [0.29, 0.717) is 0 Å². The van der Waals surface area contributed by atoms with E-state index in [-0.39, 0.29) is 17.9 Å². The minimum atomic E-state index is -0.439. The predicted molar refractivity (Wildman–Crippen MR) is 40.2 cm³/mol. The number of nitrogens with zero attached hydrogens (tertiary/aromatic N) is 1. The predicted octanol–water partition coefficient (Wildman–Crippen LogP) is 0.905. The van der Waals surface area contributed by atoms with Crippen molar-refractivity contribution >= 4 is 17.5 Å². The molecular weight excluding hydrogens is 146 g/mol. The average Bonchev–Trinajstić information content (AvgIpc) is 1.99. The van der Waals surface area contributed by atoms with E-state index in [0.717, 1.165) is 0 Å². The molecule has 0 amide bonds. The van der Waals surface area contributed by atoms with Gasteiger partial charge in [-0.25, -0.2) is 4.79 Å². The molecule has 0 aromatic rings. The van der Waals surface area contributed by atoms with E-state index in [2.05, 4.69) is 9.99 Å². The van der Waals surface area contributed by atoms with Crippen molar-refractivity contribution in [2.75, 3.05) is 0 Å². The van der Waals surface area contributed by atoms with Crippen LogP contribution in [0.5, 0.6) is 0 Å². The van der Waals surface area contributed by atoms with Gasteiger partial charge in [-0.05, 0) is 6.92 Å². The number of carbonyl (C=O) groups is 2. The zero-order valence-electron chi connectivity index (χ0n) is 6.88. The molecule has 0 heterocycles. The van der Waals surface area contributed by atoms with E-state index in [9.17, 15) is 9.59 Å². The minimum absolute atomic E-state index is 0.200. The first-order valence-corrected chi connectivity index (χ1v) is 3.33. The molecule has 4 heteroatoms. The van der Waals surface area contributed by atoms with Crippen molar-refractivity contribution in [3.63, 3.8) is 0 Å². The summed E-state index contributed by atoms with van der Waals surface area (Å²) in [5, 5.41) is 3.31. The highest BCUT2D eigenvalue weighted by Crippen LogP contribution is 1.87. The molecule has 11 heavy (non-hydrogen) atoms. The monoisotopic (exact) mass is 157 g/mol. The molecule has 0 radical (unpaired) electrons. The first-order chi connectivity index (χ1) is 5.07. The number of Topliss-reactive ketones (excluding diaryl/α,β-unsaturated/α-hetero) is 1. The molecule has 0 fully saturated rings. The third-order valence-electron chi connectivity index (χ3n) is 1.08. The maximum absolute atomic E-state index is 10.5. The Labute approximate surface area is 65.2 Å². The second-order valence-electron chi connectivity index (χ2n) is 2.05. The van der Waals surface area contributed by atoms with Crippen LogP contribution in [0, 0.1) is 0 Å². The molecule has 0 aromatic carbocycles. The van der Waals surface area contributed by atoms with Gasteiger partial charge < -0.3 is 4.84 Å². The third-order valence-corrected chi connectivity index (χ3v) is 1.08. The Morgan fingerprint density at radius 1 is 1.36 bits per heavy atom. The lowest BCUT2D eigenvalue weighted by Crippen LogP contribution is -2.07. The van der Waals surface area contributed by atoms with Gasteiger partial charge in [0.15, 0.2) is 5.78 Å². The Morgan fingerprint density at radius 3 is 2.27 bits per heavy atom. The molecule has 0 aromatic heterocycles. The van der Waals surface area contributed by atoms with E-state index >= 15 is 0 Å². The van der Waals surface area contributed by atoms with E-state index in [1.165, 1.54) is 13.8 Å². The van der Waals surface area contributed by atoms with Crippen molar-refractivity contribution in [3.05, 3.63) is 0 Å². The van der Waals surface area contributed by atoms with Crippen LogP contribution in [0.25, 0.3) is 0 Å². The summed E-state index contributed by atoms with van der Waals surface area (Å²) in [6, 6.07) is 0. The van der Waals surface area contributed by atoms with Crippen molar-refractivity contribution in [1.29, 1.82) is 0 Å². The van der Waals surface area contributed by atoms with Gasteiger partial charge in [0, 0.05) is 13.3 Å². The molecule has 0 rings (SSSR count). The molecule has 0 aliphatic carbocycles. The molecule has 0 spiro atoms. The highest BCUT2D eigenvalue weighted by molar-refractivity contribution is 6.37. The van der Waals surface area contributed by atoms with Crippen molar-refractivity contribution < 1.29 is 14.4 Å². The maximum Gasteiger partial charge on any atom is 0.334 e. The fourth-order valence-electron chi connectivity index (χ4n) is 0.248. The van der Waals surface area contributed by atoms with Crippen LogP contribution < -0.4 is 0 Å². The number of rotatable bonds is 3. The first-order valence-electron chi connectivity index (χ1n) is 3.33. The number of hydrogen-bond donors (Lipinski definition) is 0. The van der Waals surface area contributed by atoms with Gasteiger partial charge in [0.2, 0.25) is 0 Å². The Morgan fingerprint density at radius 2 is 1.91 bits per heavy atom. The van der Waals surface area contributed by atoms with Crippen molar-refractivity contribution in [2.45, 2.75) is 27.2 Å². The average molecular weight is 157 g/mol. The molecule has 0 bridgehead atoms. The summed E-state index contributed by atoms with van der Waals surface area (Å²) in [4.78, 5) is 25.4. The number of hydrogen-bond acceptors (Lipinski definition) is 4. The van der Waals surface area contributed by atoms with Gasteiger partial charge in [0.25, 0.3) is 0 Å². The summed E-state index contributed by atoms with van der Waals surface area (Å²) in [6.07, 6.45) is 0.259. The molecule has 0 aliphatic heterocycles. The summed E-state index contributed by atoms with van der Waals surface area (Å²) in [5.41, 5.74) is 0.201. The summed E-state index contributed by atoms with van der Waals surface area (Å²) >= 11 is 0. The fourth-order valence-corrected chi connectivity index (χ4v) is 0.248. The van der Waals surface area contributed by atoms with Gasteiger partial charge in [0.05, 0.1) is 0 Å². The topological polar surface area (TPSA) is 55.7 Å². The summed E-state index contributed by atoms with van der Waals surface area (Å²) < 4.78 is 0. The number of oxime groups is 1. The van der Waals surface area contributed by atoms with Gasteiger partial charge >= 0.3 is 5.97 Å². The van der Waals surface area contributed by atoms with Gasteiger partial charge in [-0.2, -0.15) is 0 Å². The second-order valence-corrected chi connectivity index (χ2v) is 2.05. The van der Waals surface area contributed by atoms with Crippen LogP contribution in [0.2, 0.25) is 0 Å². The van der Waals surface area contributed by atoms with Gasteiger partial charge in [-0.15, -0.1) is 0 Å². The van der Waals surface area contributed by atoms with E-state index in [1.54, 1.807) is 6.92 Å². The van der Waals surface area contributed by atoms with E-state index < -0.39 is 5.97 Å². The van der Waals surface area contributed by atoms with Gasteiger partial charge in [0.1, 0.15) is 5.71 Å². The Hall–Kier alpha value is -1.19. The molecule has 0 aliphatic rings. The summed E-state index contributed by atoms with van der Waals surface area (Å²) in [7, 11) is 0. The maximum atomic E-state index is 10.5. The molecule has 0 unspecified atom stereocenters. The highest BCUT2D eigenvalue weighted by Gasteiger charge is 2.00. The molecule has 0 saturated heterocycles. The van der Waals surface area contributed by atoms with Crippen molar-refractivity contribution in [3.8, 4) is 0 Å². The van der Waals surface area contributed by atoms with E-state index in [1.807, 2.05) is 0 Å². The first kappa shape index (κ1) is 9.81. The minimum Gasteiger partial charge on any atom is -0.318 e. The second kappa shape index (κ2) is 4.60. The number of ketones is 1.